The Morgan fingerprint density at radius 3 is 2.88 bits per heavy atom. The minimum Gasteiger partial charge on any atom is -0.0841 e. The Hall–Kier alpha value is -1.04. The molecule has 90 valence electrons. The molecule has 0 radical (unpaired) electrons. The molecule has 0 aromatic rings. The standard InChI is InChI=1S/C17H22/c1-3-12-8-10-14-6-5-7-15-11-9-13(4-2)16(12)17(14)15/h3,5-7,13,15H,4,8-11H2,1-2H3/b12-3-. The maximum absolute atomic E-state index is 2.42. The molecule has 3 aliphatic carbocycles. The van der Waals surface area contributed by atoms with Crippen LogP contribution in [0.25, 0.3) is 0 Å². The average molecular weight is 226 g/mol. The first kappa shape index (κ1) is 11.1. The number of hydrogen-bond donors (Lipinski definition) is 0. The first-order valence-corrected chi connectivity index (χ1v) is 7.12. The van der Waals surface area contributed by atoms with E-state index in [0.29, 0.717) is 0 Å². The van der Waals surface area contributed by atoms with Crippen molar-refractivity contribution in [1.29, 1.82) is 0 Å². The fourth-order valence-electron chi connectivity index (χ4n) is 3.85. The Bertz CT molecular complexity index is 443. The zero-order chi connectivity index (χ0) is 11.8. The van der Waals surface area contributed by atoms with Gasteiger partial charge in [0, 0.05) is 5.92 Å². The lowest BCUT2D eigenvalue weighted by atomic mass is 9.65. The third kappa shape index (κ3) is 1.66. The van der Waals surface area contributed by atoms with E-state index in [1.165, 1.54) is 32.1 Å². The molecule has 0 saturated heterocycles. The van der Waals surface area contributed by atoms with Crippen molar-refractivity contribution in [3.8, 4) is 0 Å². The Morgan fingerprint density at radius 2 is 2.12 bits per heavy atom. The van der Waals surface area contributed by atoms with E-state index in [0.717, 1.165) is 11.8 Å². The van der Waals surface area contributed by atoms with Gasteiger partial charge in [0.25, 0.3) is 0 Å². The van der Waals surface area contributed by atoms with Crippen LogP contribution in [0.2, 0.25) is 0 Å². The number of rotatable bonds is 1. The van der Waals surface area contributed by atoms with Crippen LogP contribution in [-0.2, 0) is 0 Å². The maximum Gasteiger partial charge on any atom is 0.00269 e. The van der Waals surface area contributed by atoms with Gasteiger partial charge in [-0.25, -0.2) is 0 Å². The molecule has 3 rings (SSSR count). The summed E-state index contributed by atoms with van der Waals surface area (Å²) in [5, 5.41) is 0. The van der Waals surface area contributed by atoms with E-state index in [1.807, 2.05) is 0 Å². The van der Waals surface area contributed by atoms with Crippen molar-refractivity contribution in [3.63, 3.8) is 0 Å². The zero-order valence-corrected chi connectivity index (χ0v) is 11.0. The second kappa shape index (κ2) is 4.33. The van der Waals surface area contributed by atoms with Crippen molar-refractivity contribution in [3.05, 3.63) is 46.6 Å². The second-order valence-electron chi connectivity index (χ2n) is 5.51. The molecule has 2 atom stereocenters. The van der Waals surface area contributed by atoms with E-state index in [9.17, 15) is 0 Å². The van der Waals surface area contributed by atoms with E-state index in [-0.39, 0.29) is 0 Å². The third-order valence-electron chi connectivity index (χ3n) is 4.73. The molecule has 0 aliphatic heterocycles. The summed E-state index contributed by atoms with van der Waals surface area (Å²) in [6.45, 7) is 4.56. The molecule has 0 aromatic carbocycles. The number of allylic oxidation sites excluding steroid dienone is 8. The molecule has 0 amide bonds. The lowest BCUT2D eigenvalue weighted by molar-refractivity contribution is 0.439. The van der Waals surface area contributed by atoms with Gasteiger partial charge in [0.2, 0.25) is 0 Å². The Labute approximate surface area is 105 Å². The highest BCUT2D eigenvalue weighted by Crippen LogP contribution is 2.49. The van der Waals surface area contributed by atoms with Crippen molar-refractivity contribution in [2.24, 2.45) is 11.8 Å². The fraction of sp³-hybridized carbons (Fsp3) is 0.529. The molecule has 0 heteroatoms. The molecule has 0 bridgehead atoms. The first-order valence-electron chi connectivity index (χ1n) is 7.12. The van der Waals surface area contributed by atoms with Crippen molar-refractivity contribution >= 4 is 0 Å². The topological polar surface area (TPSA) is 0 Å². The van der Waals surface area contributed by atoms with Crippen LogP contribution in [0.3, 0.4) is 0 Å². The second-order valence-corrected chi connectivity index (χ2v) is 5.51. The maximum atomic E-state index is 2.42. The summed E-state index contributed by atoms with van der Waals surface area (Å²) in [5.74, 6) is 1.55. The van der Waals surface area contributed by atoms with Crippen LogP contribution in [0.5, 0.6) is 0 Å². The molecule has 3 aliphatic rings. The van der Waals surface area contributed by atoms with Crippen LogP contribution in [0.15, 0.2) is 46.6 Å². The minimum absolute atomic E-state index is 0.725. The molecule has 0 spiro atoms. The molecule has 0 heterocycles. The molecular weight excluding hydrogens is 204 g/mol. The largest absolute Gasteiger partial charge is 0.0841 e. The normalized spacial score (nSPS) is 33.8. The lowest BCUT2D eigenvalue weighted by Crippen LogP contribution is -2.25. The fourth-order valence-corrected chi connectivity index (χ4v) is 3.85. The number of hydrogen-bond acceptors (Lipinski definition) is 0. The minimum atomic E-state index is 0.725. The van der Waals surface area contributed by atoms with E-state index in [4.69, 9.17) is 0 Å². The smallest absolute Gasteiger partial charge is 0.00269 e. The van der Waals surface area contributed by atoms with Crippen LogP contribution in [0.4, 0.5) is 0 Å². The average Bonchev–Trinajstić information content (AvgIpc) is 2.40. The van der Waals surface area contributed by atoms with E-state index in [2.05, 4.69) is 38.2 Å². The summed E-state index contributed by atoms with van der Waals surface area (Å²) in [4.78, 5) is 0. The monoisotopic (exact) mass is 226 g/mol. The highest BCUT2D eigenvalue weighted by Gasteiger charge is 2.34. The highest BCUT2D eigenvalue weighted by molar-refractivity contribution is 5.55. The molecule has 17 heavy (non-hydrogen) atoms. The van der Waals surface area contributed by atoms with E-state index >= 15 is 0 Å². The van der Waals surface area contributed by atoms with Crippen molar-refractivity contribution < 1.29 is 0 Å². The van der Waals surface area contributed by atoms with Gasteiger partial charge in [-0.3, -0.25) is 0 Å². The van der Waals surface area contributed by atoms with Crippen molar-refractivity contribution in [2.45, 2.75) is 46.0 Å². The summed E-state index contributed by atoms with van der Waals surface area (Å²) < 4.78 is 0. The molecule has 2 unspecified atom stereocenters. The van der Waals surface area contributed by atoms with Gasteiger partial charge in [-0.2, -0.15) is 0 Å². The van der Waals surface area contributed by atoms with Crippen molar-refractivity contribution in [2.75, 3.05) is 0 Å². The van der Waals surface area contributed by atoms with E-state index < -0.39 is 0 Å². The zero-order valence-electron chi connectivity index (χ0n) is 11.0. The Morgan fingerprint density at radius 1 is 1.24 bits per heavy atom. The summed E-state index contributed by atoms with van der Waals surface area (Å²) >= 11 is 0. The summed E-state index contributed by atoms with van der Waals surface area (Å²) in [6, 6.07) is 0. The summed E-state index contributed by atoms with van der Waals surface area (Å²) in [7, 11) is 0. The van der Waals surface area contributed by atoms with Gasteiger partial charge in [0.15, 0.2) is 0 Å². The predicted octanol–water partition coefficient (Wildman–Crippen LogP) is 4.96. The van der Waals surface area contributed by atoms with Gasteiger partial charge in [-0.15, -0.1) is 0 Å². The first-order chi connectivity index (χ1) is 8.35. The molecule has 0 nitrogen and oxygen atoms in total. The summed E-state index contributed by atoms with van der Waals surface area (Å²) in [6.07, 6.45) is 16.0. The van der Waals surface area contributed by atoms with Gasteiger partial charge < -0.3 is 0 Å². The van der Waals surface area contributed by atoms with Crippen LogP contribution >= 0.6 is 0 Å². The molecule has 0 fully saturated rings. The van der Waals surface area contributed by atoms with Gasteiger partial charge in [-0.1, -0.05) is 31.2 Å². The molecule has 0 aromatic heterocycles. The quantitative estimate of drug-likeness (QED) is 0.593. The summed E-state index contributed by atoms with van der Waals surface area (Å²) in [5.41, 5.74) is 6.72. The van der Waals surface area contributed by atoms with Crippen LogP contribution in [-0.4, -0.2) is 0 Å². The van der Waals surface area contributed by atoms with Gasteiger partial charge >= 0.3 is 0 Å². The van der Waals surface area contributed by atoms with Gasteiger partial charge in [0.05, 0.1) is 0 Å². The SMILES string of the molecule is C/C=C1/CCC2=CC=CC3CCC(CC)C1=C23. The lowest BCUT2D eigenvalue weighted by Gasteiger charge is -2.39. The van der Waals surface area contributed by atoms with Crippen LogP contribution in [0.1, 0.15) is 46.0 Å². The highest BCUT2D eigenvalue weighted by atomic mass is 14.4. The van der Waals surface area contributed by atoms with Crippen LogP contribution in [0, 0.1) is 11.8 Å². The Balaban J connectivity index is 2.17. The van der Waals surface area contributed by atoms with Gasteiger partial charge in [0.1, 0.15) is 0 Å². The molecular formula is C17H22. The predicted molar refractivity (Wildman–Crippen MR) is 73.7 cm³/mol. The van der Waals surface area contributed by atoms with E-state index in [1.54, 1.807) is 22.3 Å². The van der Waals surface area contributed by atoms with Gasteiger partial charge in [-0.05, 0) is 67.2 Å². The molecule has 0 N–H and O–H groups in total. The Kier molecular flexibility index (Phi) is 2.82. The molecule has 0 saturated carbocycles. The third-order valence-corrected chi connectivity index (χ3v) is 4.73. The van der Waals surface area contributed by atoms with Crippen LogP contribution < -0.4 is 0 Å². The van der Waals surface area contributed by atoms with Crippen molar-refractivity contribution in [1.82, 2.24) is 0 Å².